The Hall–Kier alpha value is -2.52. The highest BCUT2D eigenvalue weighted by Crippen LogP contribution is 2.25. The molecule has 6 heteroatoms. The summed E-state index contributed by atoms with van der Waals surface area (Å²) < 4.78 is 5.24. The summed E-state index contributed by atoms with van der Waals surface area (Å²) in [7, 11) is 0. The second-order valence-corrected chi connectivity index (χ2v) is 5.63. The lowest BCUT2D eigenvalue weighted by atomic mass is 10.2. The summed E-state index contributed by atoms with van der Waals surface area (Å²) in [5.41, 5.74) is 2.08. The lowest BCUT2D eigenvalue weighted by molar-refractivity contribution is 0.432. The van der Waals surface area contributed by atoms with E-state index in [0.29, 0.717) is 23.0 Å². The van der Waals surface area contributed by atoms with Crippen LogP contribution in [0.1, 0.15) is 12.6 Å². The molecule has 2 aromatic heterocycles. The highest BCUT2D eigenvalue weighted by molar-refractivity contribution is 7.99. The molecule has 0 aliphatic rings. The van der Waals surface area contributed by atoms with Crippen molar-refractivity contribution < 1.29 is 4.52 Å². The first-order valence-electron chi connectivity index (χ1n) is 6.46. The van der Waals surface area contributed by atoms with Crippen LogP contribution in [-0.4, -0.2) is 20.9 Å². The maximum absolute atomic E-state index is 8.80. The van der Waals surface area contributed by atoms with Crippen LogP contribution in [0.5, 0.6) is 0 Å². The molecule has 2 heterocycles. The predicted molar refractivity (Wildman–Crippen MR) is 80.6 cm³/mol. The standard InChI is InChI=1S/C15H12N4OS/c1-2-21-13-5-3-10(4-6-13)14-18-15(20-19-14)11-7-12(8-16)17-9-11/h3-7,9,17H,2H2,1H3. The molecule has 0 spiro atoms. The van der Waals surface area contributed by atoms with Gasteiger partial charge in [0.15, 0.2) is 0 Å². The topological polar surface area (TPSA) is 78.5 Å². The summed E-state index contributed by atoms with van der Waals surface area (Å²) in [6, 6.07) is 11.7. The van der Waals surface area contributed by atoms with E-state index in [1.807, 2.05) is 30.3 Å². The van der Waals surface area contributed by atoms with Crippen LogP contribution in [0.3, 0.4) is 0 Å². The van der Waals surface area contributed by atoms with Crippen molar-refractivity contribution in [1.29, 1.82) is 5.26 Å². The number of benzene rings is 1. The number of nitriles is 1. The zero-order valence-corrected chi connectivity index (χ0v) is 12.1. The minimum absolute atomic E-state index is 0.398. The van der Waals surface area contributed by atoms with E-state index in [9.17, 15) is 0 Å². The van der Waals surface area contributed by atoms with E-state index in [0.717, 1.165) is 11.3 Å². The first-order valence-corrected chi connectivity index (χ1v) is 7.44. The first-order chi connectivity index (χ1) is 10.3. The normalized spacial score (nSPS) is 10.5. The van der Waals surface area contributed by atoms with Crippen molar-refractivity contribution in [1.82, 2.24) is 15.1 Å². The van der Waals surface area contributed by atoms with Gasteiger partial charge in [-0.2, -0.15) is 10.2 Å². The highest BCUT2D eigenvalue weighted by Gasteiger charge is 2.12. The molecule has 0 saturated carbocycles. The van der Waals surface area contributed by atoms with Crippen LogP contribution in [0.25, 0.3) is 22.8 Å². The van der Waals surface area contributed by atoms with Crippen molar-refractivity contribution >= 4 is 11.8 Å². The number of H-pyrrole nitrogens is 1. The van der Waals surface area contributed by atoms with Crippen molar-refractivity contribution in [2.24, 2.45) is 0 Å². The number of hydrogen-bond donors (Lipinski definition) is 1. The molecule has 0 atom stereocenters. The minimum Gasteiger partial charge on any atom is -0.352 e. The predicted octanol–water partition coefficient (Wildman–Crippen LogP) is 3.72. The van der Waals surface area contributed by atoms with E-state index in [-0.39, 0.29) is 0 Å². The van der Waals surface area contributed by atoms with Gasteiger partial charge in [0.25, 0.3) is 5.89 Å². The number of nitrogens with one attached hydrogen (secondary N) is 1. The molecule has 0 amide bonds. The fourth-order valence-corrected chi connectivity index (χ4v) is 2.57. The number of hydrogen-bond acceptors (Lipinski definition) is 5. The van der Waals surface area contributed by atoms with Gasteiger partial charge in [-0.05, 0) is 36.1 Å². The first kappa shape index (κ1) is 13.5. The van der Waals surface area contributed by atoms with Crippen LogP contribution in [0.4, 0.5) is 0 Å². The zero-order valence-electron chi connectivity index (χ0n) is 11.3. The summed E-state index contributed by atoms with van der Waals surface area (Å²) in [5, 5.41) is 12.8. The molecule has 0 aliphatic carbocycles. The highest BCUT2D eigenvalue weighted by atomic mass is 32.2. The van der Waals surface area contributed by atoms with Crippen LogP contribution < -0.4 is 0 Å². The number of thioether (sulfide) groups is 1. The Kier molecular flexibility index (Phi) is 3.75. The number of aromatic nitrogens is 3. The lowest BCUT2D eigenvalue weighted by Gasteiger charge is -1.98. The summed E-state index contributed by atoms with van der Waals surface area (Å²) in [5.74, 6) is 1.98. The molecule has 104 valence electrons. The molecule has 0 fully saturated rings. The van der Waals surface area contributed by atoms with E-state index >= 15 is 0 Å². The fourth-order valence-electron chi connectivity index (χ4n) is 1.91. The summed E-state index contributed by atoms with van der Waals surface area (Å²) >= 11 is 1.79. The molecule has 0 bridgehead atoms. The fraction of sp³-hybridized carbons (Fsp3) is 0.133. The van der Waals surface area contributed by atoms with Crippen molar-refractivity contribution in [2.45, 2.75) is 11.8 Å². The van der Waals surface area contributed by atoms with Crippen LogP contribution in [0, 0.1) is 11.3 Å². The van der Waals surface area contributed by atoms with Gasteiger partial charge in [-0.25, -0.2) is 0 Å². The Bertz CT molecular complexity index is 783. The number of nitrogens with zero attached hydrogens (tertiary/aromatic N) is 3. The number of rotatable bonds is 4. The maximum Gasteiger partial charge on any atom is 0.259 e. The minimum atomic E-state index is 0.398. The Morgan fingerprint density at radius 3 is 2.76 bits per heavy atom. The third-order valence-corrected chi connectivity index (χ3v) is 3.79. The average Bonchev–Trinajstić information content (AvgIpc) is 3.17. The molecule has 0 saturated heterocycles. The SMILES string of the molecule is CCSc1ccc(-c2noc(-c3c[nH]c(C#N)c3)n2)cc1. The monoisotopic (exact) mass is 296 g/mol. The van der Waals surface area contributed by atoms with E-state index in [4.69, 9.17) is 9.78 Å². The summed E-state index contributed by atoms with van der Waals surface area (Å²) in [4.78, 5) is 8.41. The Morgan fingerprint density at radius 1 is 1.29 bits per heavy atom. The van der Waals surface area contributed by atoms with Gasteiger partial charge >= 0.3 is 0 Å². The van der Waals surface area contributed by atoms with Gasteiger partial charge in [0.1, 0.15) is 11.8 Å². The Labute approximate surface area is 126 Å². The van der Waals surface area contributed by atoms with Crippen molar-refractivity contribution in [3.05, 3.63) is 42.2 Å². The van der Waals surface area contributed by atoms with E-state index in [1.165, 1.54) is 4.90 Å². The van der Waals surface area contributed by atoms with Crippen LogP contribution >= 0.6 is 11.8 Å². The molecule has 5 nitrogen and oxygen atoms in total. The third kappa shape index (κ3) is 2.83. The molecule has 3 aromatic rings. The van der Waals surface area contributed by atoms with Crippen LogP contribution in [-0.2, 0) is 0 Å². The Balaban J connectivity index is 1.85. The number of aromatic amines is 1. The molecule has 1 aromatic carbocycles. The Morgan fingerprint density at radius 2 is 2.10 bits per heavy atom. The average molecular weight is 296 g/mol. The van der Waals surface area contributed by atoms with Crippen molar-refractivity contribution in [3.63, 3.8) is 0 Å². The zero-order chi connectivity index (χ0) is 14.7. The van der Waals surface area contributed by atoms with Gasteiger partial charge in [-0.3, -0.25) is 0 Å². The quantitative estimate of drug-likeness (QED) is 0.742. The van der Waals surface area contributed by atoms with E-state index in [1.54, 1.807) is 24.0 Å². The smallest absolute Gasteiger partial charge is 0.259 e. The maximum atomic E-state index is 8.80. The molecule has 0 aliphatic heterocycles. The molecule has 21 heavy (non-hydrogen) atoms. The van der Waals surface area contributed by atoms with Crippen LogP contribution in [0.15, 0.2) is 45.9 Å². The molecular weight excluding hydrogens is 284 g/mol. The van der Waals surface area contributed by atoms with Gasteiger partial charge in [0.2, 0.25) is 5.82 Å². The van der Waals surface area contributed by atoms with Crippen molar-refractivity contribution in [3.8, 4) is 28.9 Å². The molecule has 0 unspecified atom stereocenters. The summed E-state index contributed by atoms with van der Waals surface area (Å²) in [6.07, 6.45) is 1.68. The van der Waals surface area contributed by atoms with Crippen molar-refractivity contribution in [2.75, 3.05) is 5.75 Å². The van der Waals surface area contributed by atoms with E-state index < -0.39 is 0 Å². The second kappa shape index (κ2) is 5.85. The van der Waals surface area contributed by atoms with Gasteiger partial charge < -0.3 is 9.51 Å². The molecule has 1 N–H and O–H groups in total. The molecular formula is C15H12N4OS. The van der Waals surface area contributed by atoms with Crippen LogP contribution in [0.2, 0.25) is 0 Å². The van der Waals surface area contributed by atoms with Gasteiger partial charge in [0, 0.05) is 16.7 Å². The van der Waals surface area contributed by atoms with E-state index in [2.05, 4.69) is 22.0 Å². The second-order valence-electron chi connectivity index (χ2n) is 4.29. The van der Waals surface area contributed by atoms with Gasteiger partial charge in [-0.1, -0.05) is 12.1 Å². The molecule has 3 rings (SSSR count). The largest absolute Gasteiger partial charge is 0.352 e. The molecule has 0 radical (unpaired) electrons. The lowest BCUT2D eigenvalue weighted by Crippen LogP contribution is -1.81. The third-order valence-electron chi connectivity index (χ3n) is 2.90. The summed E-state index contributed by atoms with van der Waals surface area (Å²) in [6.45, 7) is 2.12. The van der Waals surface area contributed by atoms with Gasteiger partial charge in [0.05, 0.1) is 5.56 Å². The van der Waals surface area contributed by atoms with Gasteiger partial charge in [-0.15, -0.1) is 11.8 Å².